The van der Waals surface area contributed by atoms with E-state index in [1.807, 2.05) is 74.5 Å². The topological polar surface area (TPSA) is 131 Å². The average molecular weight is 631 g/mol. The zero-order valence-corrected chi connectivity index (χ0v) is 28.2. The van der Waals surface area contributed by atoms with Gasteiger partial charge in [-0.3, -0.25) is 14.4 Å². The van der Waals surface area contributed by atoms with E-state index in [9.17, 15) is 19.2 Å². The summed E-state index contributed by atoms with van der Waals surface area (Å²) in [5.41, 5.74) is 7.94. The highest BCUT2D eigenvalue weighted by Gasteiger charge is 2.37. The SMILES string of the molecule is CCCCCCCCN(C(=O)C(CC(N)=O)NC(=O)OC(C)(C)C)C(C(=O)Nc1ccc2ccccc2c1)c1ccc(C)c(C)c1. The van der Waals surface area contributed by atoms with E-state index in [0.717, 1.165) is 54.0 Å². The monoisotopic (exact) mass is 630 g/mol. The average Bonchev–Trinajstić information content (AvgIpc) is 2.98. The number of hydrogen-bond acceptors (Lipinski definition) is 5. The number of amides is 4. The number of unbranched alkanes of at least 4 members (excludes halogenated alkanes) is 5. The number of ether oxygens (including phenoxy) is 1. The third kappa shape index (κ3) is 10.9. The third-order valence-electron chi connectivity index (χ3n) is 7.85. The van der Waals surface area contributed by atoms with E-state index in [1.165, 1.54) is 4.90 Å². The first-order chi connectivity index (χ1) is 21.8. The van der Waals surface area contributed by atoms with Crippen LogP contribution in [-0.2, 0) is 19.1 Å². The first-order valence-corrected chi connectivity index (χ1v) is 16.2. The molecular weight excluding hydrogens is 580 g/mol. The van der Waals surface area contributed by atoms with Crippen molar-refractivity contribution in [2.45, 2.75) is 104 Å². The minimum Gasteiger partial charge on any atom is -0.444 e. The van der Waals surface area contributed by atoms with Crippen molar-refractivity contribution >= 4 is 40.3 Å². The second kappa shape index (κ2) is 16.8. The zero-order valence-electron chi connectivity index (χ0n) is 28.2. The molecule has 4 N–H and O–H groups in total. The lowest BCUT2D eigenvalue weighted by Crippen LogP contribution is -2.53. The molecular formula is C37H50N4O5. The van der Waals surface area contributed by atoms with Gasteiger partial charge in [0, 0.05) is 12.2 Å². The second-order valence-electron chi connectivity index (χ2n) is 13.0. The highest BCUT2D eigenvalue weighted by atomic mass is 16.6. The molecule has 0 heterocycles. The first-order valence-electron chi connectivity index (χ1n) is 16.2. The van der Waals surface area contributed by atoms with Gasteiger partial charge in [0.25, 0.3) is 5.91 Å². The van der Waals surface area contributed by atoms with Gasteiger partial charge >= 0.3 is 6.09 Å². The normalized spacial score (nSPS) is 12.7. The van der Waals surface area contributed by atoms with Gasteiger partial charge < -0.3 is 26.0 Å². The van der Waals surface area contributed by atoms with E-state index in [4.69, 9.17) is 10.5 Å². The van der Waals surface area contributed by atoms with Crippen LogP contribution in [0.3, 0.4) is 0 Å². The standard InChI is InChI=1S/C37H50N4O5/c1-7-8-9-10-11-14-21-41(35(44)31(24-32(38)42)40-36(45)46-37(4,5)6)33(29-18-17-25(2)26(3)22-29)34(43)39-30-20-19-27-15-12-13-16-28(27)23-30/h12-13,15-20,22-23,31,33H,7-11,14,21,24H2,1-6H3,(H2,38,42)(H,39,43)(H,40,45). The molecule has 2 unspecified atom stereocenters. The summed E-state index contributed by atoms with van der Waals surface area (Å²) in [7, 11) is 0. The summed E-state index contributed by atoms with van der Waals surface area (Å²) in [6, 6.07) is 16.8. The van der Waals surface area contributed by atoms with Gasteiger partial charge in [-0.15, -0.1) is 0 Å². The van der Waals surface area contributed by atoms with Crippen molar-refractivity contribution in [3.8, 4) is 0 Å². The summed E-state index contributed by atoms with van der Waals surface area (Å²) in [4.78, 5) is 55.2. The van der Waals surface area contributed by atoms with E-state index < -0.39 is 47.9 Å². The van der Waals surface area contributed by atoms with Gasteiger partial charge in [0.15, 0.2) is 0 Å². The number of benzene rings is 3. The number of alkyl carbamates (subject to hydrolysis) is 1. The van der Waals surface area contributed by atoms with Crippen LogP contribution in [0.25, 0.3) is 10.8 Å². The number of carbonyl (C=O) groups excluding carboxylic acids is 4. The highest BCUT2D eigenvalue weighted by Crippen LogP contribution is 2.28. The molecule has 4 amide bonds. The van der Waals surface area contributed by atoms with Gasteiger partial charge in [0.05, 0.1) is 6.42 Å². The van der Waals surface area contributed by atoms with Crippen LogP contribution in [-0.4, -0.2) is 46.9 Å². The number of anilines is 1. The summed E-state index contributed by atoms with van der Waals surface area (Å²) < 4.78 is 5.40. The molecule has 0 bridgehead atoms. The van der Waals surface area contributed by atoms with Crippen molar-refractivity contribution in [1.82, 2.24) is 10.2 Å². The molecule has 3 rings (SSSR count). The number of rotatable bonds is 15. The molecule has 0 aliphatic rings. The Balaban J connectivity index is 2.05. The smallest absolute Gasteiger partial charge is 0.408 e. The zero-order chi connectivity index (χ0) is 33.9. The Bertz CT molecular complexity index is 1510. The lowest BCUT2D eigenvalue weighted by Gasteiger charge is -2.34. The maximum Gasteiger partial charge on any atom is 0.408 e. The van der Waals surface area contributed by atoms with E-state index >= 15 is 0 Å². The Morgan fingerprint density at radius 2 is 1.52 bits per heavy atom. The van der Waals surface area contributed by atoms with E-state index in [0.29, 0.717) is 17.7 Å². The van der Waals surface area contributed by atoms with Crippen molar-refractivity contribution in [3.05, 3.63) is 77.4 Å². The van der Waals surface area contributed by atoms with Crippen LogP contribution in [0.2, 0.25) is 0 Å². The number of nitrogens with one attached hydrogen (secondary N) is 2. The van der Waals surface area contributed by atoms with Gasteiger partial charge in [-0.2, -0.15) is 0 Å². The van der Waals surface area contributed by atoms with Gasteiger partial charge in [0.1, 0.15) is 17.7 Å². The fourth-order valence-corrected chi connectivity index (χ4v) is 5.37. The molecule has 0 saturated carbocycles. The summed E-state index contributed by atoms with van der Waals surface area (Å²) >= 11 is 0. The van der Waals surface area contributed by atoms with E-state index in [1.54, 1.807) is 20.8 Å². The van der Waals surface area contributed by atoms with Crippen molar-refractivity contribution in [3.63, 3.8) is 0 Å². The highest BCUT2D eigenvalue weighted by molar-refractivity contribution is 6.01. The number of nitrogens with two attached hydrogens (primary N) is 1. The Hall–Kier alpha value is -4.40. The summed E-state index contributed by atoms with van der Waals surface area (Å²) in [6.45, 7) is 11.4. The second-order valence-corrected chi connectivity index (χ2v) is 13.0. The first kappa shape index (κ1) is 36.1. The van der Waals surface area contributed by atoms with Crippen molar-refractivity contribution in [2.24, 2.45) is 5.73 Å². The summed E-state index contributed by atoms with van der Waals surface area (Å²) in [5.74, 6) is -1.76. The fourth-order valence-electron chi connectivity index (χ4n) is 5.37. The van der Waals surface area contributed by atoms with Crippen molar-refractivity contribution in [1.29, 1.82) is 0 Å². The number of hydrogen-bond donors (Lipinski definition) is 3. The summed E-state index contributed by atoms with van der Waals surface area (Å²) in [6.07, 6.45) is 4.51. The molecule has 46 heavy (non-hydrogen) atoms. The Kier molecular flexibility index (Phi) is 13.2. The molecule has 9 heteroatoms. The Labute approximate surface area is 273 Å². The molecule has 0 aromatic heterocycles. The fraction of sp³-hybridized carbons (Fsp3) is 0.459. The summed E-state index contributed by atoms with van der Waals surface area (Å²) in [5, 5.41) is 7.59. The quantitative estimate of drug-likeness (QED) is 0.154. The van der Waals surface area contributed by atoms with Crippen LogP contribution in [0.1, 0.15) is 95.4 Å². The largest absolute Gasteiger partial charge is 0.444 e. The van der Waals surface area contributed by atoms with E-state index in [2.05, 4.69) is 17.6 Å². The molecule has 0 spiro atoms. The molecule has 3 aromatic rings. The maximum atomic E-state index is 14.4. The number of fused-ring (bicyclic) bond motifs is 1. The van der Waals surface area contributed by atoms with Crippen LogP contribution < -0.4 is 16.4 Å². The predicted molar refractivity (Wildman–Crippen MR) is 183 cm³/mol. The third-order valence-corrected chi connectivity index (χ3v) is 7.85. The molecule has 0 radical (unpaired) electrons. The van der Waals surface area contributed by atoms with Crippen LogP contribution >= 0.6 is 0 Å². The molecule has 0 aliphatic heterocycles. The number of primary amides is 1. The molecule has 248 valence electrons. The van der Waals surface area contributed by atoms with Crippen LogP contribution in [0.15, 0.2) is 60.7 Å². The minimum absolute atomic E-state index is 0.235. The Morgan fingerprint density at radius 3 is 2.17 bits per heavy atom. The van der Waals surface area contributed by atoms with Gasteiger partial charge in [-0.05, 0) is 80.6 Å². The van der Waals surface area contributed by atoms with Crippen LogP contribution in [0.4, 0.5) is 10.5 Å². The minimum atomic E-state index is -1.32. The van der Waals surface area contributed by atoms with Crippen molar-refractivity contribution < 1.29 is 23.9 Å². The lowest BCUT2D eigenvalue weighted by atomic mass is 9.97. The molecule has 3 aromatic carbocycles. The van der Waals surface area contributed by atoms with Gasteiger partial charge in [-0.25, -0.2) is 4.79 Å². The van der Waals surface area contributed by atoms with Crippen molar-refractivity contribution in [2.75, 3.05) is 11.9 Å². The number of nitrogens with zero attached hydrogens (tertiary/aromatic N) is 1. The maximum absolute atomic E-state index is 14.4. The number of aryl methyl sites for hydroxylation is 2. The van der Waals surface area contributed by atoms with Gasteiger partial charge in [0.2, 0.25) is 11.8 Å². The molecule has 2 atom stereocenters. The predicted octanol–water partition coefficient (Wildman–Crippen LogP) is 7.09. The number of carbonyl (C=O) groups is 4. The van der Waals surface area contributed by atoms with Gasteiger partial charge in [-0.1, -0.05) is 87.6 Å². The lowest BCUT2D eigenvalue weighted by molar-refractivity contribution is -0.142. The molecule has 0 saturated heterocycles. The Morgan fingerprint density at radius 1 is 0.848 bits per heavy atom. The molecule has 0 aliphatic carbocycles. The van der Waals surface area contributed by atoms with Crippen LogP contribution in [0.5, 0.6) is 0 Å². The molecule has 0 fully saturated rings. The van der Waals surface area contributed by atoms with Crippen LogP contribution in [0, 0.1) is 13.8 Å². The van der Waals surface area contributed by atoms with E-state index in [-0.39, 0.29) is 6.54 Å². The molecule has 9 nitrogen and oxygen atoms in total.